The fourth-order valence-corrected chi connectivity index (χ4v) is 2.43. The van der Waals surface area contributed by atoms with Gasteiger partial charge in [-0.05, 0) is 0 Å². The van der Waals surface area contributed by atoms with Gasteiger partial charge in [-0.2, -0.15) is 5.10 Å². The molecule has 23 heavy (non-hydrogen) atoms. The third-order valence-corrected chi connectivity index (χ3v) is 3.53. The van der Waals surface area contributed by atoms with Crippen LogP contribution < -0.4 is 16.1 Å². The zero-order valence-corrected chi connectivity index (χ0v) is 11.7. The molecule has 1 saturated heterocycles. The Kier molecular flexibility index (Phi) is 4.00. The van der Waals surface area contributed by atoms with Gasteiger partial charge in [0.15, 0.2) is 24.5 Å². The molecule has 5 N–H and O–H groups in total. The molecule has 124 valence electrons. The van der Waals surface area contributed by atoms with Gasteiger partial charge in [0.2, 0.25) is 0 Å². The summed E-state index contributed by atoms with van der Waals surface area (Å²) in [6.07, 6.45) is -2.59. The molecule has 2 aromatic heterocycles. The van der Waals surface area contributed by atoms with Crippen LogP contribution in [0.15, 0.2) is 34.1 Å². The summed E-state index contributed by atoms with van der Waals surface area (Å²) in [6, 6.07) is 2.59. The lowest BCUT2D eigenvalue weighted by Crippen LogP contribution is -2.61. The molecular formula is C12H15N5O6. The molecule has 1 fully saturated rings. The fraction of sp³-hybridized carbons (Fsp3) is 0.417. The maximum absolute atomic E-state index is 11.9. The van der Waals surface area contributed by atoms with Gasteiger partial charge in [0.1, 0.15) is 6.10 Å². The zero-order chi connectivity index (χ0) is 16.6. The summed E-state index contributed by atoms with van der Waals surface area (Å²) in [6.45, 7) is -0.552. The van der Waals surface area contributed by atoms with Crippen LogP contribution in [0.5, 0.6) is 0 Å². The van der Waals surface area contributed by atoms with Crippen molar-refractivity contribution >= 4 is 5.82 Å². The first-order chi connectivity index (χ1) is 11.0. The Hall–Kier alpha value is -2.47. The predicted molar refractivity (Wildman–Crippen MR) is 75.4 cm³/mol. The monoisotopic (exact) mass is 325 g/mol. The molecule has 0 aromatic carbocycles. The number of nitrogens with zero attached hydrogens (tertiary/aromatic N) is 3. The Morgan fingerprint density at radius 2 is 2.04 bits per heavy atom. The summed E-state index contributed by atoms with van der Waals surface area (Å²) < 4.78 is 6.37. The number of aliphatic hydroxyl groups excluding tert-OH is 3. The van der Waals surface area contributed by atoms with Gasteiger partial charge in [-0.25, -0.2) is 4.79 Å². The number of hydrogen-bond acceptors (Lipinski definition) is 8. The minimum Gasteiger partial charge on any atom is -0.393 e. The highest BCUT2D eigenvalue weighted by atomic mass is 16.6. The topological polar surface area (TPSA) is 157 Å². The van der Waals surface area contributed by atoms with E-state index in [1.54, 1.807) is 0 Å². The van der Waals surface area contributed by atoms with Crippen LogP contribution in [0.25, 0.3) is 0 Å². The van der Waals surface area contributed by atoms with Gasteiger partial charge in [0.25, 0.3) is 5.56 Å². The normalized spacial score (nSPS) is 28.0. The molecule has 0 radical (unpaired) electrons. The Morgan fingerprint density at radius 3 is 2.65 bits per heavy atom. The van der Waals surface area contributed by atoms with Crippen LogP contribution in [-0.2, 0) is 4.74 Å². The second kappa shape index (κ2) is 5.96. The van der Waals surface area contributed by atoms with Gasteiger partial charge in [0.05, 0.1) is 6.61 Å². The zero-order valence-electron chi connectivity index (χ0n) is 11.7. The fourth-order valence-electron chi connectivity index (χ4n) is 2.43. The first kappa shape index (κ1) is 15.4. The lowest BCUT2D eigenvalue weighted by Gasteiger charge is -2.45. The SMILES string of the molecule is O=c1ccn([C@@H]2O[C@H](CO)C(O)N(c3cc[nH]n3)C2O)c(=O)[nH]1. The van der Waals surface area contributed by atoms with Crippen molar-refractivity contribution in [2.45, 2.75) is 24.8 Å². The number of H-pyrrole nitrogens is 2. The molecule has 0 amide bonds. The van der Waals surface area contributed by atoms with E-state index < -0.39 is 42.6 Å². The van der Waals surface area contributed by atoms with E-state index in [-0.39, 0.29) is 5.82 Å². The number of anilines is 1. The van der Waals surface area contributed by atoms with Crippen molar-refractivity contribution in [1.82, 2.24) is 19.7 Å². The number of nitrogens with one attached hydrogen (secondary N) is 2. The summed E-state index contributed by atoms with van der Waals surface area (Å²) in [5.74, 6) is 0.203. The highest BCUT2D eigenvalue weighted by molar-refractivity contribution is 5.39. The minimum atomic E-state index is -1.49. The number of hydrogen-bond donors (Lipinski definition) is 5. The molecule has 0 saturated carbocycles. The number of ether oxygens (including phenoxy) is 1. The van der Waals surface area contributed by atoms with Gasteiger partial charge >= 0.3 is 5.69 Å². The van der Waals surface area contributed by atoms with E-state index in [0.717, 1.165) is 21.7 Å². The van der Waals surface area contributed by atoms with Crippen LogP contribution in [-0.4, -0.2) is 60.2 Å². The molecular weight excluding hydrogens is 310 g/mol. The van der Waals surface area contributed by atoms with Crippen molar-refractivity contribution in [1.29, 1.82) is 0 Å². The smallest absolute Gasteiger partial charge is 0.330 e. The van der Waals surface area contributed by atoms with E-state index in [1.165, 1.54) is 12.3 Å². The Labute approximate surface area is 128 Å². The molecule has 0 bridgehead atoms. The van der Waals surface area contributed by atoms with E-state index in [9.17, 15) is 24.9 Å². The van der Waals surface area contributed by atoms with E-state index in [0.29, 0.717) is 0 Å². The second-order valence-electron chi connectivity index (χ2n) is 4.93. The minimum absolute atomic E-state index is 0.203. The lowest BCUT2D eigenvalue weighted by molar-refractivity contribution is -0.205. The number of rotatable bonds is 3. The standard InChI is InChI=1S/C12H15N5O6/c18-5-6-9(20)17(7-1-3-13-15-7)10(21)11(23-6)16-4-2-8(19)14-12(16)22/h1-4,6,9-11,18,20-21H,5H2,(H,13,15)(H,14,19,22)/t6-,9?,10?,11-/m1/s1. The summed E-state index contributed by atoms with van der Waals surface area (Å²) in [5, 5.41) is 36.5. The average molecular weight is 325 g/mol. The van der Waals surface area contributed by atoms with Crippen molar-refractivity contribution in [3.8, 4) is 0 Å². The van der Waals surface area contributed by atoms with Crippen LogP contribution in [0.4, 0.5) is 5.82 Å². The Balaban J connectivity index is 2.03. The number of aromatic amines is 2. The summed E-state index contributed by atoms with van der Waals surface area (Å²) in [7, 11) is 0. The predicted octanol–water partition coefficient (Wildman–Crippen LogP) is -2.71. The van der Waals surface area contributed by atoms with Crippen molar-refractivity contribution in [3.05, 3.63) is 45.4 Å². The quantitative estimate of drug-likeness (QED) is 0.408. The summed E-state index contributed by atoms with van der Waals surface area (Å²) >= 11 is 0. The van der Waals surface area contributed by atoms with Crippen molar-refractivity contribution < 1.29 is 20.1 Å². The van der Waals surface area contributed by atoms with Crippen LogP contribution in [0.3, 0.4) is 0 Å². The third kappa shape index (κ3) is 2.66. The lowest BCUT2D eigenvalue weighted by atomic mass is 10.2. The van der Waals surface area contributed by atoms with Crippen LogP contribution in [0.2, 0.25) is 0 Å². The van der Waals surface area contributed by atoms with E-state index in [1.807, 2.05) is 4.98 Å². The molecule has 3 heterocycles. The van der Waals surface area contributed by atoms with Crippen LogP contribution in [0, 0.1) is 0 Å². The molecule has 0 aliphatic carbocycles. The molecule has 4 atom stereocenters. The van der Waals surface area contributed by atoms with Crippen molar-refractivity contribution in [3.63, 3.8) is 0 Å². The second-order valence-corrected chi connectivity index (χ2v) is 4.93. The number of aromatic nitrogens is 4. The van der Waals surface area contributed by atoms with Crippen molar-refractivity contribution in [2.24, 2.45) is 0 Å². The summed E-state index contributed by atoms with van der Waals surface area (Å²) in [5.41, 5.74) is -1.39. The molecule has 2 unspecified atom stereocenters. The highest BCUT2D eigenvalue weighted by Crippen LogP contribution is 2.30. The van der Waals surface area contributed by atoms with Gasteiger partial charge in [-0.1, -0.05) is 0 Å². The maximum atomic E-state index is 11.9. The Bertz CT molecular complexity index is 771. The summed E-state index contributed by atoms with van der Waals surface area (Å²) in [4.78, 5) is 26.2. The molecule has 2 aromatic rings. The van der Waals surface area contributed by atoms with Gasteiger partial charge in [-0.15, -0.1) is 0 Å². The first-order valence-corrected chi connectivity index (χ1v) is 6.75. The van der Waals surface area contributed by atoms with Gasteiger partial charge in [-0.3, -0.25) is 24.3 Å². The first-order valence-electron chi connectivity index (χ1n) is 6.75. The molecule has 1 aliphatic rings. The molecule has 11 heteroatoms. The Morgan fingerprint density at radius 1 is 1.26 bits per heavy atom. The van der Waals surface area contributed by atoms with E-state index >= 15 is 0 Å². The molecule has 0 spiro atoms. The maximum Gasteiger partial charge on any atom is 0.330 e. The van der Waals surface area contributed by atoms with Gasteiger partial charge < -0.3 is 20.1 Å². The number of morpholine rings is 1. The highest BCUT2D eigenvalue weighted by Gasteiger charge is 2.44. The van der Waals surface area contributed by atoms with Crippen LogP contribution in [0.1, 0.15) is 6.23 Å². The van der Waals surface area contributed by atoms with E-state index in [4.69, 9.17) is 4.74 Å². The average Bonchev–Trinajstić information content (AvgIpc) is 3.03. The molecule has 3 rings (SSSR count). The number of aliphatic hydroxyl groups is 3. The third-order valence-electron chi connectivity index (χ3n) is 3.53. The molecule has 1 aliphatic heterocycles. The molecule has 11 nitrogen and oxygen atoms in total. The van der Waals surface area contributed by atoms with Gasteiger partial charge in [0, 0.05) is 24.5 Å². The van der Waals surface area contributed by atoms with Crippen LogP contribution >= 0.6 is 0 Å². The van der Waals surface area contributed by atoms with E-state index in [2.05, 4.69) is 10.2 Å². The largest absolute Gasteiger partial charge is 0.393 e. The van der Waals surface area contributed by atoms with Crippen molar-refractivity contribution in [2.75, 3.05) is 11.5 Å².